The molecule has 0 heterocycles. The molecular formula is C12H10Cl5O4P. The molecule has 0 bridgehead atoms. The zero-order chi connectivity index (χ0) is 17.1. The summed E-state index contributed by atoms with van der Waals surface area (Å²) in [7, 11) is -4.23. The summed E-state index contributed by atoms with van der Waals surface area (Å²) in [6.45, 7) is 6.50. The second kappa shape index (κ2) is 7.87. The molecule has 122 valence electrons. The zero-order valence-electron chi connectivity index (χ0n) is 11.0. The summed E-state index contributed by atoms with van der Waals surface area (Å²) in [5.41, 5.74) is 0. The Labute approximate surface area is 152 Å². The van der Waals surface area contributed by atoms with Crippen molar-refractivity contribution in [3.05, 3.63) is 45.4 Å². The maximum atomic E-state index is 13.1. The van der Waals surface area contributed by atoms with Crippen molar-refractivity contribution in [3.63, 3.8) is 0 Å². The molecule has 1 aliphatic carbocycles. The van der Waals surface area contributed by atoms with Crippen LogP contribution in [0.5, 0.6) is 0 Å². The Kier molecular flexibility index (Phi) is 7.25. The van der Waals surface area contributed by atoms with E-state index in [0.29, 0.717) is 0 Å². The average molecular weight is 426 g/mol. The number of hydrogen-bond donors (Lipinski definition) is 0. The molecule has 1 rings (SSSR count). The van der Waals surface area contributed by atoms with Crippen LogP contribution in [0.1, 0.15) is 0 Å². The van der Waals surface area contributed by atoms with E-state index in [1.807, 2.05) is 0 Å². The van der Waals surface area contributed by atoms with Gasteiger partial charge in [-0.15, -0.1) is 13.2 Å². The van der Waals surface area contributed by atoms with Crippen LogP contribution in [0.25, 0.3) is 0 Å². The second-order valence-electron chi connectivity index (χ2n) is 3.87. The first-order valence-corrected chi connectivity index (χ1v) is 9.06. The first-order valence-electron chi connectivity index (χ1n) is 5.63. The van der Waals surface area contributed by atoms with Gasteiger partial charge in [-0.2, -0.15) is 0 Å². The molecule has 0 radical (unpaired) electrons. The fraction of sp³-hybridized carbons (Fsp3) is 0.250. The van der Waals surface area contributed by atoms with Gasteiger partial charge in [0.05, 0.1) is 23.3 Å². The van der Waals surface area contributed by atoms with Crippen LogP contribution in [0.4, 0.5) is 0 Å². The molecule has 10 heteroatoms. The van der Waals surface area contributed by atoms with Gasteiger partial charge in [-0.1, -0.05) is 70.2 Å². The van der Waals surface area contributed by atoms with Gasteiger partial charge >= 0.3 is 7.60 Å². The molecule has 0 spiro atoms. The largest absolute Gasteiger partial charge is 0.362 e. The Morgan fingerprint density at radius 2 is 1.36 bits per heavy atom. The highest BCUT2D eigenvalue weighted by Gasteiger charge is 2.59. The normalized spacial score (nSPS) is 18.7. The monoisotopic (exact) mass is 424 g/mol. The highest BCUT2D eigenvalue weighted by atomic mass is 35.5. The average Bonchev–Trinajstić information content (AvgIpc) is 2.52. The number of hydrogen-bond acceptors (Lipinski definition) is 4. The molecule has 22 heavy (non-hydrogen) atoms. The van der Waals surface area contributed by atoms with Crippen molar-refractivity contribution in [1.82, 2.24) is 0 Å². The fourth-order valence-electron chi connectivity index (χ4n) is 1.44. The number of carbonyl (C=O) groups excluding carboxylic acids is 1. The van der Waals surface area contributed by atoms with Crippen molar-refractivity contribution < 1.29 is 18.4 Å². The summed E-state index contributed by atoms with van der Waals surface area (Å²) in [5.74, 6) is -0.839. The molecule has 0 saturated carbocycles. The van der Waals surface area contributed by atoms with Crippen LogP contribution in [0.2, 0.25) is 0 Å². The van der Waals surface area contributed by atoms with Gasteiger partial charge in [0.1, 0.15) is 10.1 Å². The predicted octanol–water partition coefficient (Wildman–Crippen LogP) is 5.48. The quantitative estimate of drug-likeness (QED) is 0.307. The molecule has 0 aromatic rings. The highest BCUT2D eigenvalue weighted by molar-refractivity contribution is 7.59. The van der Waals surface area contributed by atoms with Crippen LogP contribution in [0.3, 0.4) is 0 Å². The van der Waals surface area contributed by atoms with Gasteiger partial charge in [-0.25, -0.2) is 0 Å². The maximum Gasteiger partial charge on any atom is 0.362 e. The van der Waals surface area contributed by atoms with E-state index in [1.54, 1.807) is 0 Å². The lowest BCUT2D eigenvalue weighted by Gasteiger charge is -2.35. The fourth-order valence-corrected chi connectivity index (χ4v) is 5.44. The second-order valence-corrected chi connectivity index (χ2v) is 8.40. The predicted molar refractivity (Wildman–Crippen MR) is 91.0 cm³/mol. The number of allylic oxidation sites excluding steroid dienone is 4. The summed E-state index contributed by atoms with van der Waals surface area (Å²) in [4.78, 5) is 11.8. The molecule has 0 aliphatic heterocycles. The molecule has 0 aromatic heterocycles. The van der Waals surface area contributed by atoms with Crippen molar-refractivity contribution >= 4 is 71.4 Å². The first-order chi connectivity index (χ1) is 10.2. The minimum atomic E-state index is -4.23. The van der Waals surface area contributed by atoms with E-state index in [4.69, 9.17) is 67.1 Å². The van der Waals surface area contributed by atoms with Crippen LogP contribution in [-0.4, -0.2) is 23.6 Å². The minimum absolute atomic E-state index is 0.180. The van der Waals surface area contributed by atoms with Gasteiger partial charge in [0.15, 0.2) is 0 Å². The van der Waals surface area contributed by atoms with E-state index >= 15 is 0 Å². The Balaban J connectivity index is 3.54. The lowest BCUT2D eigenvalue weighted by molar-refractivity contribution is -0.111. The molecule has 4 nitrogen and oxygen atoms in total. The first kappa shape index (κ1) is 20.3. The van der Waals surface area contributed by atoms with E-state index in [9.17, 15) is 9.36 Å². The number of carbonyl (C=O) groups is 1. The number of halogens is 5. The molecule has 0 aromatic carbocycles. The van der Waals surface area contributed by atoms with Gasteiger partial charge in [0, 0.05) is 0 Å². The van der Waals surface area contributed by atoms with Gasteiger partial charge in [0.25, 0.3) is 0 Å². The van der Waals surface area contributed by atoms with Crippen molar-refractivity contribution in [1.29, 1.82) is 0 Å². The zero-order valence-corrected chi connectivity index (χ0v) is 15.6. The summed E-state index contributed by atoms with van der Waals surface area (Å²) in [5, 5.41) is -2.02. The van der Waals surface area contributed by atoms with Crippen molar-refractivity contribution in [2.75, 3.05) is 13.2 Å². The van der Waals surface area contributed by atoms with Gasteiger partial charge < -0.3 is 9.05 Å². The number of alkyl halides is 1. The number of Topliss-reactive ketones (excluding diaryl/α,β-unsaturated/α-hetero) is 1. The van der Waals surface area contributed by atoms with E-state index < -0.39 is 38.1 Å². The number of rotatable bonds is 7. The van der Waals surface area contributed by atoms with E-state index in [1.165, 1.54) is 12.2 Å². The van der Waals surface area contributed by atoms with E-state index in [-0.39, 0.29) is 13.2 Å². The van der Waals surface area contributed by atoms with Crippen LogP contribution >= 0.6 is 65.6 Å². The third kappa shape index (κ3) is 3.35. The van der Waals surface area contributed by atoms with Crippen LogP contribution in [-0.2, 0) is 18.4 Å². The summed E-state index contributed by atoms with van der Waals surface area (Å²) < 4.78 is 21.2. The molecule has 0 amide bonds. The van der Waals surface area contributed by atoms with Gasteiger partial charge in [0.2, 0.25) is 10.4 Å². The van der Waals surface area contributed by atoms with E-state index in [0.717, 1.165) is 0 Å². The lowest BCUT2D eigenvalue weighted by Crippen LogP contribution is -2.32. The Morgan fingerprint density at radius 1 is 1.00 bits per heavy atom. The molecule has 0 saturated heterocycles. The summed E-state index contributed by atoms with van der Waals surface area (Å²) >= 11 is 29.9. The molecule has 0 fully saturated rings. The molecule has 1 aliphatic rings. The standard InChI is InChI=1S/C12H10Cl5O4P/c1-3-5-20-22(19,21-6-4-2)12(17)10(15)7(13)9(18)8(14)11(12)16/h3-4H,1-2,5-6H2. The highest BCUT2D eigenvalue weighted by Crippen LogP contribution is 2.71. The molecule has 0 N–H and O–H groups in total. The SMILES string of the molecule is C=CCOP(=O)(OCC=C)C1(Cl)C(Cl)=C(Cl)C(=O)C(Cl)=C1Cl. The van der Waals surface area contributed by atoms with Crippen LogP contribution in [0, 0.1) is 0 Å². The maximum absolute atomic E-state index is 13.1. The van der Waals surface area contributed by atoms with Crippen LogP contribution in [0.15, 0.2) is 45.4 Å². The van der Waals surface area contributed by atoms with Crippen molar-refractivity contribution in [3.8, 4) is 0 Å². The van der Waals surface area contributed by atoms with Crippen LogP contribution < -0.4 is 0 Å². The third-order valence-corrected chi connectivity index (χ3v) is 7.96. The molecule has 0 atom stereocenters. The smallest absolute Gasteiger partial charge is 0.303 e. The topological polar surface area (TPSA) is 52.6 Å². The third-order valence-electron chi connectivity index (χ3n) is 2.47. The Morgan fingerprint density at radius 3 is 1.68 bits per heavy atom. The van der Waals surface area contributed by atoms with Gasteiger partial charge in [-0.3, -0.25) is 9.36 Å². The Bertz CT molecular complexity index is 581. The van der Waals surface area contributed by atoms with Crippen molar-refractivity contribution in [2.45, 2.75) is 4.62 Å². The molecular weight excluding hydrogens is 416 g/mol. The summed E-state index contributed by atoms with van der Waals surface area (Å²) in [6.07, 6.45) is 2.63. The molecule has 0 unspecified atom stereocenters. The van der Waals surface area contributed by atoms with Crippen molar-refractivity contribution in [2.24, 2.45) is 0 Å². The van der Waals surface area contributed by atoms with Gasteiger partial charge in [-0.05, 0) is 0 Å². The lowest BCUT2D eigenvalue weighted by atomic mass is 10.1. The minimum Gasteiger partial charge on any atom is -0.303 e. The summed E-state index contributed by atoms with van der Waals surface area (Å²) in [6, 6.07) is 0. The van der Waals surface area contributed by atoms with E-state index in [2.05, 4.69) is 13.2 Å². The number of ketones is 1. The Hall–Kier alpha value is 0.230.